The Labute approximate surface area is 174 Å². The lowest BCUT2D eigenvalue weighted by molar-refractivity contribution is 0.153. The third-order valence-corrected chi connectivity index (χ3v) is 5.42. The number of hydrogen-bond acceptors (Lipinski definition) is 5. The van der Waals surface area contributed by atoms with E-state index >= 15 is 0 Å². The van der Waals surface area contributed by atoms with Gasteiger partial charge in [0.2, 0.25) is 0 Å². The van der Waals surface area contributed by atoms with E-state index in [1.807, 2.05) is 13.1 Å². The van der Waals surface area contributed by atoms with Crippen molar-refractivity contribution in [3.8, 4) is 12.1 Å². The maximum atomic E-state index is 12.4. The minimum absolute atomic E-state index is 0.00691. The minimum atomic E-state index is -0.267. The minimum Gasteiger partial charge on any atom is -0.341 e. The molecule has 2 aromatic carbocycles. The number of nitriles is 2. The number of aromatic nitrogens is 2. The average molecular weight is 399 g/mol. The van der Waals surface area contributed by atoms with Crippen molar-refractivity contribution >= 4 is 22.8 Å². The van der Waals surface area contributed by atoms with E-state index in [-0.39, 0.29) is 18.1 Å². The summed E-state index contributed by atoms with van der Waals surface area (Å²) in [5.74, 6) is 0.835. The molecule has 3 aromatic rings. The maximum Gasteiger partial charge on any atom is 0.319 e. The molecule has 1 saturated heterocycles. The second-order valence-electron chi connectivity index (χ2n) is 7.47. The number of aromatic amines is 1. The topological polar surface area (TPSA) is 121 Å². The molecule has 2 heterocycles. The van der Waals surface area contributed by atoms with Crippen molar-refractivity contribution in [2.45, 2.75) is 24.9 Å². The number of carbonyl (C=O) groups is 1. The van der Waals surface area contributed by atoms with Gasteiger partial charge in [-0.15, -0.1) is 0 Å². The van der Waals surface area contributed by atoms with E-state index in [1.165, 1.54) is 0 Å². The Balaban J connectivity index is 1.43. The van der Waals surface area contributed by atoms with Crippen molar-refractivity contribution in [2.24, 2.45) is 0 Å². The Morgan fingerprint density at radius 1 is 1.17 bits per heavy atom. The summed E-state index contributed by atoms with van der Waals surface area (Å²) >= 11 is 0. The van der Waals surface area contributed by atoms with Gasteiger partial charge in [-0.1, -0.05) is 0 Å². The summed E-state index contributed by atoms with van der Waals surface area (Å²) in [4.78, 5) is 22.7. The highest BCUT2D eigenvalue weighted by Gasteiger charge is 2.30. The summed E-state index contributed by atoms with van der Waals surface area (Å²) in [6, 6.07) is 16.1. The van der Waals surface area contributed by atoms with Crippen LogP contribution in [-0.2, 0) is 0 Å². The number of nitrogens with one attached hydrogen (secondary N) is 3. The third-order valence-electron chi connectivity index (χ3n) is 5.42. The molecule has 2 unspecified atom stereocenters. The first-order valence-corrected chi connectivity index (χ1v) is 9.73. The van der Waals surface area contributed by atoms with E-state index in [4.69, 9.17) is 15.5 Å². The van der Waals surface area contributed by atoms with Gasteiger partial charge in [0.15, 0.2) is 0 Å². The molecule has 8 heteroatoms. The molecule has 1 aliphatic rings. The normalized spacial score (nSPS) is 19.0. The number of imidazole rings is 1. The molecule has 150 valence electrons. The number of amides is 2. The molecule has 30 heavy (non-hydrogen) atoms. The van der Waals surface area contributed by atoms with Gasteiger partial charge in [0.25, 0.3) is 0 Å². The number of anilines is 1. The monoisotopic (exact) mass is 399 g/mol. The van der Waals surface area contributed by atoms with Crippen LogP contribution in [0.15, 0.2) is 42.5 Å². The molecule has 1 aromatic heterocycles. The first-order chi connectivity index (χ1) is 14.6. The number of benzene rings is 2. The average Bonchev–Trinajstić information content (AvgIpc) is 3.18. The largest absolute Gasteiger partial charge is 0.341 e. The van der Waals surface area contributed by atoms with Gasteiger partial charge in [-0.05, 0) is 62.4 Å². The number of carbonyl (C=O) groups excluding carboxylic acids is 1. The molecule has 0 bridgehead atoms. The molecule has 0 saturated carbocycles. The zero-order valence-corrected chi connectivity index (χ0v) is 16.5. The van der Waals surface area contributed by atoms with Crippen molar-refractivity contribution in [1.82, 2.24) is 20.2 Å². The van der Waals surface area contributed by atoms with Crippen LogP contribution in [0.4, 0.5) is 10.5 Å². The van der Waals surface area contributed by atoms with Crippen LogP contribution in [0.5, 0.6) is 0 Å². The molecular formula is C22H21N7O. The highest BCUT2D eigenvalue weighted by molar-refractivity contribution is 5.89. The van der Waals surface area contributed by atoms with Crippen LogP contribution in [-0.4, -0.2) is 40.5 Å². The van der Waals surface area contributed by atoms with E-state index in [2.05, 4.69) is 32.7 Å². The Bertz CT molecular complexity index is 1150. The SMILES string of the molecule is CN1CCC(NC(=O)Nc2ccc(C#N)cc2)CC1c1nc2ccc(C#N)cc2[nH]1. The lowest BCUT2D eigenvalue weighted by atomic mass is 9.97. The summed E-state index contributed by atoms with van der Waals surface area (Å²) in [7, 11) is 2.05. The van der Waals surface area contributed by atoms with Crippen LogP contribution >= 0.6 is 0 Å². The molecule has 0 spiro atoms. The van der Waals surface area contributed by atoms with E-state index < -0.39 is 0 Å². The Hall–Kier alpha value is -3.88. The summed E-state index contributed by atoms with van der Waals surface area (Å²) < 4.78 is 0. The molecule has 1 fully saturated rings. The molecule has 3 N–H and O–H groups in total. The summed E-state index contributed by atoms with van der Waals surface area (Å²) in [6.07, 6.45) is 1.56. The summed E-state index contributed by atoms with van der Waals surface area (Å²) in [6.45, 7) is 0.826. The van der Waals surface area contributed by atoms with Gasteiger partial charge < -0.3 is 15.6 Å². The van der Waals surface area contributed by atoms with Crippen molar-refractivity contribution in [2.75, 3.05) is 18.9 Å². The summed E-state index contributed by atoms with van der Waals surface area (Å²) in [5, 5.41) is 23.8. The zero-order chi connectivity index (χ0) is 21.1. The van der Waals surface area contributed by atoms with Crippen LogP contribution in [0.2, 0.25) is 0 Å². The van der Waals surface area contributed by atoms with Crippen LogP contribution in [0, 0.1) is 22.7 Å². The molecule has 0 radical (unpaired) electrons. The van der Waals surface area contributed by atoms with Gasteiger partial charge in [0.05, 0.1) is 40.3 Å². The van der Waals surface area contributed by atoms with E-state index in [9.17, 15) is 4.79 Å². The van der Waals surface area contributed by atoms with E-state index in [0.717, 1.165) is 36.2 Å². The van der Waals surface area contributed by atoms with Crippen LogP contribution in [0.1, 0.15) is 35.8 Å². The van der Waals surface area contributed by atoms with Crippen LogP contribution < -0.4 is 10.6 Å². The fourth-order valence-corrected chi connectivity index (χ4v) is 3.77. The highest BCUT2D eigenvalue weighted by Crippen LogP contribution is 2.29. The quantitative estimate of drug-likeness (QED) is 0.624. The molecule has 0 aliphatic carbocycles. The number of fused-ring (bicyclic) bond motifs is 1. The first-order valence-electron chi connectivity index (χ1n) is 9.73. The van der Waals surface area contributed by atoms with Crippen molar-refractivity contribution in [3.05, 3.63) is 59.4 Å². The van der Waals surface area contributed by atoms with Crippen molar-refractivity contribution < 1.29 is 4.79 Å². The summed E-state index contributed by atoms with van der Waals surface area (Å²) in [5.41, 5.74) is 3.44. The van der Waals surface area contributed by atoms with Gasteiger partial charge in [0.1, 0.15) is 5.82 Å². The molecular weight excluding hydrogens is 378 g/mol. The third kappa shape index (κ3) is 4.09. The molecule has 8 nitrogen and oxygen atoms in total. The Kier molecular flexibility index (Phi) is 5.34. The number of H-pyrrole nitrogens is 1. The molecule has 2 atom stereocenters. The first kappa shape index (κ1) is 19.4. The highest BCUT2D eigenvalue weighted by atomic mass is 16.2. The second kappa shape index (κ2) is 8.24. The van der Waals surface area contributed by atoms with Crippen molar-refractivity contribution in [1.29, 1.82) is 10.5 Å². The van der Waals surface area contributed by atoms with Crippen LogP contribution in [0.25, 0.3) is 11.0 Å². The fraction of sp³-hybridized carbons (Fsp3) is 0.273. The molecule has 4 rings (SSSR count). The maximum absolute atomic E-state index is 12.4. The number of hydrogen-bond donors (Lipinski definition) is 3. The lowest BCUT2D eigenvalue weighted by Gasteiger charge is -2.36. The predicted octanol–water partition coefficient (Wildman–Crippen LogP) is 3.26. The number of rotatable bonds is 3. The number of likely N-dealkylation sites (tertiary alicyclic amines) is 1. The Morgan fingerprint density at radius 3 is 2.63 bits per heavy atom. The van der Waals surface area contributed by atoms with Gasteiger partial charge in [-0.2, -0.15) is 10.5 Å². The van der Waals surface area contributed by atoms with Gasteiger partial charge in [-0.3, -0.25) is 4.90 Å². The smallest absolute Gasteiger partial charge is 0.319 e. The van der Waals surface area contributed by atoms with Gasteiger partial charge in [0, 0.05) is 18.3 Å². The molecule has 1 aliphatic heterocycles. The number of nitrogens with zero attached hydrogens (tertiary/aromatic N) is 4. The van der Waals surface area contributed by atoms with Crippen molar-refractivity contribution in [3.63, 3.8) is 0 Å². The van der Waals surface area contributed by atoms with E-state index in [0.29, 0.717) is 16.8 Å². The Morgan fingerprint density at radius 2 is 1.90 bits per heavy atom. The fourth-order valence-electron chi connectivity index (χ4n) is 3.77. The second-order valence-corrected chi connectivity index (χ2v) is 7.47. The van der Waals surface area contributed by atoms with E-state index in [1.54, 1.807) is 36.4 Å². The standard InChI is InChI=1S/C22H21N7O/c1-29-9-8-17(26-22(30)25-16-5-2-14(12-23)3-6-16)11-20(29)21-27-18-7-4-15(13-24)10-19(18)28-21/h2-7,10,17,20H,8-9,11H2,1H3,(H,27,28)(H2,25,26,30). The molecule has 2 amide bonds. The zero-order valence-electron chi connectivity index (χ0n) is 16.5. The predicted molar refractivity (Wildman–Crippen MR) is 113 cm³/mol. The van der Waals surface area contributed by atoms with Gasteiger partial charge in [-0.25, -0.2) is 9.78 Å². The number of urea groups is 1. The van der Waals surface area contributed by atoms with Crippen LogP contribution in [0.3, 0.4) is 0 Å². The lowest BCUT2D eigenvalue weighted by Crippen LogP contribution is -2.46. The van der Waals surface area contributed by atoms with Gasteiger partial charge >= 0.3 is 6.03 Å². The number of piperidine rings is 1.